The Hall–Kier alpha value is -2.29. The van der Waals surface area contributed by atoms with Crippen molar-refractivity contribution in [1.82, 2.24) is 0 Å². The van der Waals surface area contributed by atoms with E-state index in [9.17, 15) is 0 Å². The second-order valence-corrected chi connectivity index (χ2v) is 4.80. The van der Waals surface area contributed by atoms with Crippen molar-refractivity contribution in [1.29, 1.82) is 0 Å². The fourth-order valence-corrected chi connectivity index (χ4v) is 2.20. The van der Waals surface area contributed by atoms with E-state index in [0.717, 1.165) is 48.0 Å². The molecule has 0 amide bonds. The third-order valence-electron chi connectivity index (χ3n) is 3.28. The van der Waals surface area contributed by atoms with Gasteiger partial charge in [-0.15, -0.1) is 0 Å². The molecule has 0 saturated heterocycles. The zero-order valence-corrected chi connectivity index (χ0v) is 11.6. The molecule has 1 N–H and O–H groups in total. The molecular formula is C17H18N2O. The molecule has 3 heteroatoms. The summed E-state index contributed by atoms with van der Waals surface area (Å²) in [5.41, 5.74) is 1.97. The molecule has 3 nitrogen and oxygen atoms in total. The van der Waals surface area contributed by atoms with Crippen LogP contribution in [0.25, 0.3) is 0 Å². The van der Waals surface area contributed by atoms with Gasteiger partial charge >= 0.3 is 0 Å². The van der Waals surface area contributed by atoms with Crippen molar-refractivity contribution in [2.24, 2.45) is 4.99 Å². The molecule has 1 heterocycles. The van der Waals surface area contributed by atoms with Crippen LogP contribution in [0.5, 0.6) is 11.5 Å². The first-order valence-corrected chi connectivity index (χ1v) is 7.06. The van der Waals surface area contributed by atoms with Crippen molar-refractivity contribution < 1.29 is 4.74 Å². The highest BCUT2D eigenvalue weighted by molar-refractivity contribution is 6.11. The first-order valence-electron chi connectivity index (χ1n) is 7.06. The van der Waals surface area contributed by atoms with Gasteiger partial charge in [0.1, 0.15) is 11.6 Å². The Morgan fingerprint density at radius 3 is 2.60 bits per heavy atom. The minimum Gasteiger partial charge on any atom is -0.454 e. The number of unbranched alkanes of at least 4 members (excludes halogenated alkanes) is 1. The molecule has 0 saturated carbocycles. The lowest BCUT2D eigenvalue weighted by Gasteiger charge is -2.08. The summed E-state index contributed by atoms with van der Waals surface area (Å²) in [6.45, 7) is 3.00. The summed E-state index contributed by atoms with van der Waals surface area (Å²) in [6.07, 6.45) is 2.24. The number of aliphatic imine (C=N–C) groups is 1. The molecule has 0 radical (unpaired) electrons. The normalized spacial score (nSPS) is 14.8. The highest BCUT2D eigenvalue weighted by Crippen LogP contribution is 2.35. The number of fused-ring (bicyclic) bond motifs is 2. The fourth-order valence-electron chi connectivity index (χ4n) is 2.20. The van der Waals surface area contributed by atoms with Crippen molar-refractivity contribution in [3.8, 4) is 11.5 Å². The van der Waals surface area contributed by atoms with E-state index in [2.05, 4.69) is 12.2 Å². The van der Waals surface area contributed by atoms with E-state index in [1.807, 2.05) is 48.5 Å². The summed E-state index contributed by atoms with van der Waals surface area (Å²) in [5.74, 6) is 2.57. The molecule has 2 aromatic rings. The van der Waals surface area contributed by atoms with Crippen LogP contribution in [-0.2, 0) is 0 Å². The Morgan fingerprint density at radius 1 is 1.00 bits per heavy atom. The lowest BCUT2D eigenvalue weighted by atomic mass is 10.2. The van der Waals surface area contributed by atoms with Gasteiger partial charge in [0, 0.05) is 6.54 Å². The molecule has 1 aliphatic heterocycles. The molecular weight excluding hydrogens is 248 g/mol. The van der Waals surface area contributed by atoms with Gasteiger partial charge in [0.05, 0.1) is 11.3 Å². The lowest BCUT2D eigenvalue weighted by Crippen LogP contribution is -2.13. The predicted molar refractivity (Wildman–Crippen MR) is 82.9 cm³/mol. The highest BCUT2D eigenvalue weighted by Gasteiger charge is 2.18. The van der Waals surface area contributed by atoms with E-state index in [4.69, 9.17) is 9.73 Å². The summed E-state index contributed by atoms with van der Waals surface area (Å²) in [5, 5.41) is 3.40. The molecule has 102 valence electrons. The molecule has 0 fully saturated rings. The maximum absolute atomic E-state index is 6.00. The third kappa shape index (κ3) is 2.52. The van der Waals surface area contributed by atoms with Crippen LogP contribution in [0.1, 0.15) is 25.3 Å². The van der Waals surface area contributed by atoms with E-state index in [0.29, 0.717) is 0 Å². The van der Waals surface area contributed by atoms with Gasteiger partial charge in [0.25, 0.3) is 0 Å². The molecule has 2 aromatic carbocycles. The Bertz CT molecular complexity index is 634. The smallest absolute Gasteiger partial charge is 0.150 e. The van der Waals surface area contributed by atoms with Crippen LogP contribution in [0.3, 0.4) is 0 Å². The number of anilines is 1. The molecule has 0 aliphatic carbocycles. The number of rotatable bonds is 3. The van der Waals surface area contributed by atoms with Gasteiger partial charge in [-0.2, -0.15) is 0 Å². The maximum atomic E-state index is 6.00. The number of ether oxygens (including phenoxy) is 1. The summed E-state index contributed by atoms with van der Waals surface area (Å²) >= 11 is 0. The number of benzene rings is 2. The Kier molecular flexibility index (Phi) is 3.68. The minimum atomic E-state index is 0.829. The largest absolute Gasteiger partial charge is 0.454 e. The number of amidine groups is 1. The van der Waals surface area contributed by atoms with Crippen LogP contribution in [0.4, 0.5) is 5.69 Å². The van der Waals surface area contributed by atoms with Gasteiger partial charge in [0.15, 0.2) is 5.75 Å². The summed E-state index contributed by atoms with van der Waals surface area (Å²) < 4.78 is 6.00. The minimum absolute atomic E-state index is 0.829. The molecule has 0 unspecified atom stereocenters. The van der Waals surface area contributed by atoms with Crippen LogP contribution in [0.2, 0.25) is 0 Å². The molecule has 20 heavy (non-hydrogen) atoms. The van der Waals surface area contributed by atoms with Gasteiger partial charge in [-0.1, -0.05) is 37.6 Å². The van der Waals surface area contributed by atoms with Gasteiger partial charge in [-0.25, -0.2) is 0 Å². The summed E-state index contributed by atoms with van der Waals surface area (Å²) in [7, 11) is 0. The van der Waals surface area contributed by atoms with E-state index in [1.54, 1.807) is 0 Å². The highest BCUT2D eigenvalue weighted by atomic mass is 16.5. The summed E-state index contributed by atoms with van der Waals surface area (Å²) in [6, 6.07) is 16.0. The monoisotopic (exact) mass is 266 g/mol. The molecule has 0 aromatic heterocycles. The molecule has 1 aliphatic rings. The lowest BCUT2D eigenvalue weighted by molar-refractivity contribution is 0.486. The first-order chi connectivity index (χ1) is 9.88. The fraction of sp³-hybridized carbons (Fsp3) is 0.235. The topological polar surface area (TPSA) is 33.6 Å². The van der Waals surface area contributed by atoms with E-state index in [-0.39, 0.29) is 0 Å². The quantitative estimate of drug-likeness (QED) is 0.833. The average molecular weight is 266 g/mol. The predicted octanol–water partition coefficient (Wildman–Crippen LogP) is 4.45. The van der Waals surface area contributed by atoms with Crippen LogP contribution in [-0.4, -0.2) is 12.4 Å². The number of nitrogens with zero attached hydrogens (tertiary/aromatic N) is 1. The zero-order valence-electron chi connectivity index (χ0n) is 11.6. The molecule has 0 atom stereocenters. The Balaban J connectivity index is 2.03. The molecule has 3 rings (SSSR count). The second kappa shape index (κ2) is 5.78. The van der Waals surface area contributed by atoms with Gasteiger partial charge < -0.3 is 10.1 Å². The van der Waals surface area contributed by atoms with Crippen LogP contribution < -0.4 is 10.1 Å². The van der Waals surface area contributed by atoms with Gasteiger partial charge in [-0.05, 0) is 30.7 Å². The van der Waals surface area contributed by atoms with E-state index < -0.39 is 0 Å². The van der Waals surface area contributed by atoms with Crippen molar-refractivity contribution in [3.05, 3.63) is 54.1 Å². The Morgan fingerprint density at radius 2 is 1.75 bits per heavy atom. The average Bonchev–Trinajstić information content (AvgIpc) is 2.64. The van der Waals surface area contributed by atoms with Gasteiger partial charge in [0.2, 0.25) is 0 Å². The Labute approximate surface area is 119 Å². The van der Waals surface area contributed by atoms with Crippen molar-refractivity contribution >= 4 is 11.5 Å². The van der Waals surface area contributed by atoms with Crippen LogP contribution in [0.15, 0.2) is 53.5 Å². The second-order valence-electron chi connectivity index (χ2n) is 4.80. The van der Waals surface area contributed by atoms with Crippen molar-refractivity contribution in [2.75, 3.05) is 11.9 Å². The zero-order chi connectivity index (χ0) is 13.8. The maximum Gasteiger partial charge on any atom is 0.150 e. The van der Waals surface area contributed by atoms with Crippen molar-refractivity contribution in [3.63, 3.8) is 0 Å². The molecule has 0 spiro atoms. The standard InChI is InChI=1S/C17H18N2O/c1-2-3-12-18-17-13-8-4-6-10-15(13)20-16-11-7-5-9-14(16)19-17/h4-11H,2-3,12H2,1H3,(H,18,19). The number of nitrogens with one attached hydrogen (secondary N) is 1. The van der Waals surface area contributed by atoms with E-state index in [1.165, 1.54) is 0 Å². The van der Waals surface area contributed by atoms with Crippen LogP contribution in [0, 0.1) is 0 Å². The number of hydrogen-bond donors (Lipinski definition) is 1. The van der Waals surface area contributed by atoms with Crippen LogP contribution >= 0.6 is 0 Å². The third-order valence-corrected chi connectivity index (χ3v) is 3.28. The number of hydrogen-bond acceptors (Lipinski definition) is 2. The molecule has 0 bridgehead atoms. The van der Waals surface area contributed by atoms with Crippen molar-refractivity contribution in [2.45, 2.75) is 19.8 Å². The first kappa shape index (κ1) is 12.7. The van der Waals surface area contributed by atoms with E-state index >= 15 is 0 Å². The number of para-hydroxylation sites is 3. The summed E-state index contributed by atoms with van der Waals surface area (Å²) in [4.78, 5) is 4.70. The van der Waals surface area contributed by atoms with Gasteiger partial charge in [-0.3, -0.25) is 4.99 Å². The SMILES string of the molecule is CCCCN=C1Nc2ccccc2Oc2ccccc21.